The second-order valence-corrected chi connectivity index (χ2v) is 11.1. The van der Waals surface area contributed by atoms with Crippen molar-refractivity contribution < 1.29 is 34.1 Å². The first-order valence-corrected chi connectivity index (χ1v) is 11.2. The maximum Gasteiger partial charge on any atom is 0.303 e. The Balaban J connectivity index is 1.97. The molecule has 0 heterocycles. The minimum absolute atomic E-state index is 0.0378. The number of rotatable bonds is 2. The number of aliphatic hydroxyl groups excluding tert-OH is 2. The van der Waals surface area contributed by atoms with Gasteiger partial charge in [0.15, 0.2) is 0 Å². The van der Waals surface area contributed by atoms with Gasteiger partial charge < -0.3 is 19.7 Å². The lowest BCUT2D eigenvalue weighted by Crippen LogP contribution is -2.73. The number of carbonyl (C=O) groups excluding carboxylic acids is 3. The molecular weight excluding hydrogens is 400 g/mol. The smallest absolute Gasteiger partial charge is 0.303 e. The molecule has 0 aromatic rings. The Labute approximate surface area is 183 Å². The van der Waals surface area contributed by atoms with Crippen LogP contribution < -0.4 is 0 Å². The van der Waals surface area contributed by atoms with Gasteiger partial charge in [0.05, 0.1) is 17.6 Å². The van der Waals surface area contributed by atoms with Crippen LogP contribution in [0.15, 0.2) is 12.2 Å². The summed E-state index contributed by atoms with van der Waals surface area (Å²) < 4.78 is 11.5. The average molecular weight is 435 g/mol. The van der Waals surface area contributed by atoms with Gasteiger partial charge in [-0.05, 0) is 41.6 Å². The van der Waals surface area contributed by atoms with E-state index in [1.54, 1.807) is 0 Å². The third kappa shape index (κ3) is 2.81. The normalized spacial score (nSPS) is 47.9. The molecule has 4 fully saturated rings. The van der Waals surface area contributed by atoms with E-state index in [-0.39, 0.29) is 11.7 Å². The van der Waals surface area contributed by atoms with Crippen LogP contribution in [0.1, 0.15) is 60.3 Å². The number of esters is 2. The number of hydrogen-bond donors (Lipinski definition) is 2. The van der Waals surface area contributed by atoms with E-state index < -0.39 is 64.4 Å². The second kappa shape index (κ2) is 6.88. The van der Waals surface area contributed by atoms with Crippen molar-refractivity contribution in [1.29, 1.82) is 0 Å². The summed E-state index contributed by atoms with van der Waals surface area (Å²) >= 11 is 0. The van der Waals surface area contributed by atoms with E-state index in [0.717, 1.165) is 0 Å². The van der Waals surface area contributed by atoms with E-state index in [0.29, 0.717) is 31.3 Å². The molecule has 7 heteroatoms. The fourth-order valence-corrected chi connectivity index (χ4v) is 8.16. The number of ketones is 1. The van der Waals surface area contributed by atoms with Crippen LogP contribution in [0.2, 0.25) is 0 Å². The zero-order chi connectivity index (χ0) is 23.1. The van der Waals surface area contributed by atoms with Gasteiger partial charge in [-0.15, -0.1) is 0 Å². The molecule has 2 N–H and O–H groups in total. The molecule has 0 saturated heterocycles. The monoisotopic (exact) mass is 434 g/mol. The van der Waals surface area contributed by atoms with Crippen LogP contribution in [0.5, 0.6) is 0 Å². The molecule has 1 spiro atoms. The van der Waals surface area contributed by atoms with Crippen molar-refractivity contribution in [1.82, 2.24) is 0 Å². The average Bonchev–Trinajstić information content (AvgIpc) is 2.83. The number of fused-ring (bicyclic) bond motifs is 3. The lowest BCUT2D eigenvalue weighted by Gasteiger charge is -2.67. The molecule has 31 heavy (non-hydrogen) atoms. The number of ether oxygens (including phenoxy) is 2. The molecule has 4 aliphatic rings. The largest absolute Gasteiger partial charge is 0.459 e. The highest BCUT2D eigenvalue weighted by Gasteiger charge is 2.77. The fourth-order valence-electron chi connectivity index (χ4n) is 8.16. The van der Waals surface area contributed by atoms with E-state index in [4.69, 9.17) is 9.47 Å². The fraction of sp³-hybridized carbons (Fsp3) is 0.792. The van der Waals surface area contributed by atoms with E-state index >= 15 is 0 Å². The van der Waals surface area contributed by atoms with E-state index in [2.05, 4.69) is 6.58 Å². The molecule has 4 aliphatic carbocycles. The highest BCUT2D eigenvalue weighted by Crippen LogP contribution is 2.72. The van der Waals surface area contributed by atoms with E-state index in [1.807, 2.05) is 20.8 Å². The molecule has 0 amide bonds. The molecule has 7 nitrogen and oxygen atoms in total. The predicted molar refractivity (Wildman–Crippen MR) is 111 cm³/mol. The van der Waals surface area contributed by atoms with Gasteiger partial charge in [-0.1, -0.05) is 27.4 Å². The van der Waals surface area contributed by atoms with Crippen molar-refractivity contribution in [2.45, 2.75) is 84.7 Å². The van der Waals surface area contributed by atoms with Crippen molar-refractivity contribution >= 4 is 17.7 Å². The molecule has 4 rings (SSSR count). The molecule has 0 radical (unpaired) electrons. The van der Waals surface area contributed by atoms with Crippen molar-refractivity contribution in [3.63, 3.8) is 0 Å². The Morgan fingerprint density at radius 2 is 1.71 bits per heavy atom. The quantitative estimate of drug-likeness (QED) is 0.506. The van der Waals surface area contributed by atoms with Crippen molar-refractivity contribution in [2.75, 3.05) is 0 Å². The predicted octanol–water partition coefficient (Wildman–Crippen LogP) is 2.18. The van der Waals surface area contributed by atoms with Gasteiger partial charge in [0.25, 0.3) is 0 Å². The number of aliphatic hydroxyl groups is 2. The summed E-state index contributed by atoms with van der Waals surface area (Å²) in [6.45, 7) is 12.6. The number of carbonyl (C=O) groups is 3. The highest BCUT2D eigenvalue weighted by molar-refractivity contribution is 5.86. The molecule has 2 bridgehead atoms. The summed E-state index contributed by atoms with van der Waals surface area (Å²) in [4.78, 5) is 37.9. The maximum atomic E-state index is 13.7. The van der Waals surface area contributed by atoms with Gasteiger partial charge in [0.2, 0.25) is 0 Å². The van der Waals surface area contributed by atoms with Crippen molar-refractivity contribution in [3.8, 4) is 0 Å². The van der Waals surface area contributed by atoms with Crippen LogP contribution >= 0.6 is 0 Å². The maximum absolute atomic E-state index is 13.7. The third-order valence-electron chi connectivity index (χ3n) is 9.00. The van der Waals surface area contributed by atoms with Crippen LogP contribution in [0.3, 0.4) is 0 Å². The van der Waals surface area contributed by atoms with Gasteiger partial charge >= 0.3 is 11.9 Å². The zero-order valence-electron chi connectivity index (χ0n) is 19.0. The van der Waals surface area contributed by atoms with Crippen molar-refractivity contribution in [2.24, 2.45) is 34.0 Å². The summed E-state index contributed by atoms with van der Waals surface area (Å²) in [5.41, 5.74) is -1.75. The Bertz CT molecular complexity index is 847. The lowest BCUT2D eigenvalue weighted by atomic mass is 9.38. The van der Waals surface area contributed by atoms with Crippen LogP contribution in [0.25, 0.3) is 0 Å². The first-order valence-electron chi connectivity index (χ1n) is 11.2. The molecule has 0 aromatic carbocycles. The first kappa shape index (κ1) is 22.5. The van der Waals surface area contributed by atoms with Gasteiger partial charge in [-0.3, -0.25) is 14.4 Å². The standard InChI is InChI=1S/C24H34O7/c1-11-14-9-15(27)18-23(6)8-7-16(28)22(4,5)19(23)17(29)21(31-13(3)26)24(18,10-14)20(11)30-12(2)25/h14,16-21,28-29H,1,7-10H2,2-6H3/t14-,16+,17-,18+,19-,20-,21+,23+,24+/m1/s1. The van der Waals surface area contributed by atoms with Crippen LogP contribution in [-0.4, -0.2) is 52.4 Å². The van der Waals surface area contributed by atoms with Gasteiger partial charge in [0.1, 0.15) is 18.0 Å². The minimum atomic E-state index is -1.12. The SMILES string of the molecule is C=C1[C@@H]2CC(=O)[C@H]3[C@]4(C)CC[C@H](O)C(C)(C)[C@H]4[C@@H](O)[C@H](OC(C)=O)[C@]3(C2)[C@@H]1OC(C)=O. The Morgan fingerprint density at radius 1 is 1.10 bits per heavy atom. The molecule has 4 saturated carbocycles. The topological polar surface area (TPSA) is 110 Å². The summed E-state index contributed by atoms with van der Waals surface area (Å²) in [5.74, 6) is -2.26. The lowest BCUT2D eigenvalue weighted by molar-refractivity contribution is -0.278. The van der Waals surface area contributed by atoms with Gasteiger partial charge in [-0.2, -0.15) is 0 Å². The molecule has 172 valence electrons. The summed E-state index contributed by atoms with van der Waals surface area (Å²) in [6, 6.07) is 0. The molecular formula is C24H34O7. The van der Waals surface area contributed by atoms with Crippen LogP contribution in [0.4, 0.5) is 0 Å². The second-order valence-electron chi connectivity index (χ2n) is 11.1. The van der Waals surface area contributed by atoms with Crippen LogP contribution in [0, 0.1) is 34.0 Å². The van der Waals surface area contributed by atoms with Crippen LogP contribution in [-0.2, 0) is 23.9 Å². The summed E-state index contributed by atoms with van der Waals surface area (Å²) in [6.07, 6.45) is -1.78. The zero-order valence-corrected chi connectivity index (χ0v) is 19.0. The molecule has 0 aromatic heterocycles. The molecule has 0 aliphatic heterocycles. The summed E-state index contributed by atoms with van der Waals surface area (Å²) in [5, 5.41) is 22.5. The first-order chi connectivity index (χ1) is 14.3. The van der Waals surface area contributed by atoms with Gasteiger partial charge in [0, 0.05) is 32.1 Å². The number of Topliss-reactive ketones (excluding diaryl/α,β-unsaturated/α-hetero) is 1. The highest BCUT2D eigenvalue weighted by atomic mass is 16.6. The van der Waals surface area contributed by atoms with E-state index in [9.17, 15) is 24.6 Å². The Morgan fingerprint density at radius 3 is 2.29 bits per heavy atom. The molecule has 0 unspecified atom stereocenters. The Hall–Kier alpha value is -1.73. The Kier molecular flexibility index (Phi) is 4.99. The van der Waals surface area contributed by atoms with Crippen molar-refractivity contribution in [3.05, 3.63) is 12.2 Å². The number of hydrogen-bond acceptors (Lipinski definition) is 7. The molecule has 9 atom stereocenters. The summed E-state index contributed by atoms with van der Waals surface area (Å²) in [7, 11) is 0. The minimum Gasteiger partial charge on any atom is -0.459 e. The van der Waals surface area contributed by atoms with Gasteiger partial charge in [-0.25, -0.2) is 0 Å². The van der Waals surface area contributed by atoms with E-state index in [1.165, 1.54) is 13.8 Å². The third-order valence-corrected chi connectivity index (χ3v) is 9.00.